The fourth-order valence-corrected chi connectivity index (χ4v) is 3.16. The number of ether oxygens (including phenoxy) is 3. The zero-order valence-corrected chi connectivity index (χ0v) is 17.8. The lowest BCUT2D eigenvalue weighted by atomic mass is 10.2. The summed E-state index contributed by atoms with van der Waals surface area (Å²) in [5, 5.41) is 5.22. The number of methoxy groups -OCH3 is 2. The van der Waals surface area contributed by atoms with Crippen molar-refractivity contribution in [3.05, 3.63) is 42.5 Å². The maximum absolute atomic E-state index is 12.4. The number of benzene rings is 2. The molecule has 7 nitrogen and oxygen atoms in total. The average Bonchev–Trinajstić information content (AvgIpc) is 2.73. The average molecular weight is 419 g/mol. The van der Waals surface area contributed by atoms with Crippen molar-refractivity contribution in [1.29, 1.82) is 0 Å². The van der Waals surface area contributed by atoms with E-state index in [4.69, 9.17) is 14.2 Å². The smallest absolute Gasteiger partial charge is 0.237 e. The van der Waals surface area contributed by atoms with Crippen LogP contribution in [0.1, 0.15) is 13.8 Å². The molecule has 1 unspecified atom stereocenters. The summed E-state index contributed by atoms with van der Waals surface area (Å²) in [6.45, 7) is 4.14. The molecule has 0 heterocycles. The fraction of sp³-hybridized carbons (Fsp3) is 0.333. The number of anilines is 2. The van der Waals surface area contributed by atoms with Crippen molar-refractivity contribution in [1.82, 2.24) is 0 Å². The molecule has 0 fully saturated rings. The van der Waals surface area contributed by atoms with Gasteiger partial charge in [0.15, 0.2) is 11.5 Å². The maximum Gasteiger partial charge on any atom is 0.237 e. The highest BCUT2D eigenvalue weighted by Crippen LogP contribution is 2.30. The predicted octanol–water partition coefficient (Wildman–Crippen LogP) is 3.80. The van der Waals surface area contributed by atoms with Crippen LogP contribution >= 0.6 is 11.8 Å². The number of rotatable bonds is 10. The molecular formula is C21H26N2O5S. The Kier molecular flexibility index (Phi) is 8.67. The van der Waals surface area contributed by atoms with Crippen LogP contribution in [0.2, 0.25) is 0 Å². The van der Waals surface area contributed by atoms with Gasteiger partial charge < -0.3 is 24.8 Å². The second-order valence-electron chi connectivity index (χ2n) is 5.99. The summed E-state index contributed by atoms with van der Waals surface area (Å²) < 4.78 is 15.9. The molecule has 0 aromatic heterocycles. The van der Waals surface area contributed by atoms with Crippen LogP contribution in [0.4, 0.5) is 11.4 Å². The van der Waals surface area contributed by atoms with E-state index in [-0.39, 0.29) is 17.6 Å². The van der Waals surface area contributed by atoms with Gasteiger partial charge in [-0.25, -0.2) is 0 Å². The Labute approximate surface area is 175 Å². The van der Waals surface area contributed by atoms with E-state index in [1.807, 2.05) is 19.1 Å². The molecule has 29 heavy (non-hydrogen) atoms. The highest BCUT2D eigenvalue weighted by molar-refractivity contribution is 8.01. The van der Waals surface area contributed by atoms with Gasteiger partial charge in [-0.1, -0.05) is 12.1 Å². The molecule has 2 rings (SSSR count). The second kappa shape index (κ2) is 11.2. The topological polar surface area (TPSA) is 85.9 Å². The van der Waals surface area contributed by atoms with Gasteiger partial charge in [0.2, 0.25) is 11.8 Å². The van der Waals surface area contributed by atoms with Gasteiger partial charge in [-0.15, -0.1) is 11.8 Å². The molecule has 156 valence electrons. The number of hydrogen-bond acceptors (Lipinski definition) is 6. The SMILES string of the molecule is CCOc1ccccc1NC(=O)CSC(C)C(=O)Nc1ccc(OC)c(OC)c1. The van der Waals surface area contributed by atoms with Gasteiger partial charge in [0.1, 0.15) is 5.75 Å². The number of amides is 2. The van der Waals surface area contributed by atoms with Crippen LogP contribution in [-0.4, -0.2) is 43.6 Å². The molecule has 0 saturated carbocycles. The Morgan fingerprint density at radius 3 is 2.41 bits per heavy atom. The van der Waals surface area contributed by atoms with E-state index < -0.39 is 5.25 Å². The van der Waals surface area contributed by atoms with E-state index in [0.717, 1.165) is 0 Å². The van der Waals surface area contributed by atoms with Crippen LogP contribution in [0.3, 0.4) is 0 Å². The number of para-hydroxylation sites is 2. The lowest BCUT2D eigenvalue weighted by Gasteiger charge is -2.14. The van der Waals surface area contributed by atoms with E-state index >= 15 is 0 Å². The molecule has 1 atom stereocenters. The first-order chi connectivity index (χ1) is 14.0. The van der Waals surface area contributed by atoms with Gasteiger partial charge in [0.05, 0.1) is 37.5 Å². The van der Waals surface area contributed by atoms with Crippen molar-refractivity contribution in [3.8, 4) is 17.2 Å². The van der Waals surface area contributed by atoms with Gasteiger partial charge in [-0.05, 0) is 38.1 Å². The molecule has 2 aromatic rings. The first kappa shape index (κ1) is 22.4. The molecule has 0 saturated heterocycles. The quantitative estimate of drug-likeness (QED) is 0.610. The molecule has 0 bridgehead atoms. The first-order valence-electron chi connectivity index (χ1n) is 9.14. The molecule has 2 aromatic carbocycles. The monoisotopic (exact) mass is 418 g/mol. The van der Waals surface area contributed by atoms with E-state index in [1.54, 1.807) is 44.4 Å². The molecular weight excluding hydrogens is 392 g/mol. The minimum atomic E-state index is -0.420. The summed E-state index contributed by atoms with van der Waals surface area (Å²) in [6, 6.07) is 12.4. The van der Waals surface area contributed by atoms with E-state index in [0.29, 0.717) is 35.2 Å². The molecule has 8 heteroatoms. The Bertz CT molecular complexity index is 844. The van der Waals surface area contributed by atoms with Gasteiger partial charge in [0.25, 0.3) is 0 Å². The van der Waals surface area contributed by atoms with Gasteiger partial charge in [0, 0.05) is 11.8 Å². The van der Waals surface area contributed by atoms with Crippen LogP contribution in [0.5, 0.6) is 17.2 Å². The third-order valence-corrected chi connectivity index (χ3v) is 5.09. The largest absolute Gasteiger partial charge is 0.493 e. The molecule has 2 N–H and O–H groups in total. The minimum Gasteiger partial charge on any atom is -0.493 e. The van der Waals surface area contributed by atoms with Crippen molar-refractivity contribution < 1.29 is 23.8 Å². The van der Waals surface area contributed by atoms with Gasteiger partial charge in [-0.2, -0.15) is 0 Å². The Hall–Kier alpha value is -2.87. The predicted molar refractivity (Wildman–Crippen MR) is 116 cm³/mol. The number of hydrogen-bond donors (Lipinski definition) is 2. The van der Waals surface area contributed by atoms with Crippen LogP contribution in [-0.2, 0) is 9.59 Å². The number of nitrogens with one attached hydrogen (secondary N) is 2. The first-order valence-corrected chi connectivity index (χ1v) is 10.2. The van der Waals surface area contributed by atoms with Crippen molar-refractivity contribution in [2.75, 3.05) is 37.2 Å². The molecule has 0 spiro atoms. The summed E-state index contributed by atoms with van der Waals surface area (Å²) >= 11 is 1.25. The third kappa shape index (κ3) is 6.60. The minimum absolute atomic E-state index is 0.140. The Morgan fingerprint density at radius 2 is 1.72 bits per heavy atom. The molecule has 0 aliphatic carbocycles. The van der Waals surface area contributed by atoms with E-state index in [9.17, 15) is 9.59 Å². The van der Waals surface area contributed by atoms with Crippen molar-refractivity contribution in [2.45, 2.75) is 19.1 Å². The summed E-state index contributed by atoms with van der Waals surface area (Å²) in [4.78, 5) is 24.7. The molecule has 0 aliphatic rings. The molecule has 0 radical (unpaired) electrons. The third-order valence-electron chi connectivity index (χ3n) is 3.95. The number of carbonyl (C=O) groups excluding carboxylic acids is 2. The summed E-state index contributed by atoms with van der Waals surface area (Å²) in [5.74, 6) is 1.46. The standard InChI is InChI=1S/C21H26N2O5S/c1-5-28-17-9-7-6-8-16(17)23-20(24)13-29-14(2)21(25)22-15-10-11-18(26-3)19(12-15)27-4/h6-12,14H,5,13H2,1-4H3,(H,22,25)(H,23,24). The highest BCUT2D eigenvalue weighted by Gasteiger charge is 2.17. The van der Waals surface area contributed by atoms with E-state index in [2.05, 4.69) is 10.6 Å². The zero-order valence-electron chi connectivity index (χ0n) is 17.0. The van der Waals surface area contributed by atoms with Crippen molar-refractivity contribution in [3.63, 3.8) is 0 Å². The van der Waals surface area contributed by atoms with Gasteiger partial charge >= 0.3 is 0 Å². The lowest BCUT2D eigenvalue weighted by molar-refractivity contribution is -0.115. The van der Waals surface area contributed by atoms with Crippen LogP contribution in [0.15, 0.2) is 42.5 Å². The van der Waals surface area contributed by atoms with Crippen LogP contribution < -0.4 is 24.8 Å². The number of thioether (sulfide) groups is 1. The lowest BCUT2D eigenvalue weighted by Crippen LogP contribution is -2.25. The Morgan fingerprint density at radius 1 is 1.00 bits per heavy atom. The fourth-order valence-electron chi connectivity index (χ4n) is 2.47. The van der Waals surface area contributed by atoms with Gasteiger partial charge in [-0.3, -0.25) is 9.59 Å². The summed E-state index contributed by atoms with van der Waals surface area (Å²) in [7, 11) is 3.08. The van der Waals surface area contributed by atoms with Crippen molar-refractivity contribution in [2.24, 2.45) is 0 Å². The van der Waals surface area contributed by atoms with Crippen LogP contribution in [0.25, 0.3) is 0 Å². The maximum atomic E-state index is 12.4. The molecule has 0 aliphatic heterocycles. The summed E-state index contributed by atoms with van der Waals surface area (Å²) in [6.07, 6.45) is 0. The summed E-state index contributed by atoms with van der Waals surface area (Å²) in [5.41, 5.74) is 1.21. The van der Waals surface area contributed by atoms with E-state index in [1.165, 1.54) is 18.9 Å². The zero-order chi connectivity index (χ0) is 21.2. The Balaban J connectivity index is 1.88. The highest BCUT2D eigenvalue weighted by atomic mass is 32.2. The van der Waals surface area contributed by atoms with Crippen LogP contribution in [0, 0.1) is 0 Å². The molecule has 2 amide bonds. The second-order valence-corrected chi connectivity index (χ2v) is 7.32. The van der Waals surface area contributed by atoms with Crippen molar-refractivity contribution >= 4 is 35.0 Å². The normalized spacial score (nSPS) is 11.3. The number of carbonyl (C=O) groups is 2.